The van der Waals surface area contributed by atoms with Gasteiger partial charge in [-0.15, -0.1) is 0 Å². The minimum atomic E-state index is -0.792. The number of epoxide rings is 1. The van der Waals surface area contributed by atoms with E-state index in [2.05, 4.69) is 0 Å². The van der Waals surface area contributed by atoms with Crippen LogP contribution in [-0.2, 0) is 33.3 Å². The smallest absolute Gasteiger partial charge is 0.313 e. The number of ether oxygens (including phenoxy) is 4. The van der Waals surface area contributed by atoms with Gasteiger partial charge < -0.3 is 23.4 Å². The quantitative estimate of drug-likeness (QED) is 0.394. The molecule has 32 heavy (non-hydrogen) atoms. The van der Waals surface area contributed by atoms with Gasteiger partial charge in [0.1, 0.15) is 24.4 Å². The van der Waals surface area contributed by atoms with E-state index in [1.54, 1.807) is 12.5 Å². The SMILES string of the molecule is CC(=O)OC[C@@]12[C@H](CCC[C@]13CO3)[C@@]1(CC(c3ccoc3)OC1=O)[C@H](C)C[C@H]2OC(C)=O. The molecule has 2 aliphatic heterocycles. The molecule has 0 bridgehead atoms. The lowest BCUT2D eigenvalue weighted by molar-refractivity contribution is -0.228. The van der Waals surface area contributed by atoms with Gasteiger partial charge in [0.15, 0.2) is 0 Å². The second-order valence-electron chi connectivity index (χ2n) is 9.98. The van der Waals surface area contributed by atoms with Crippen LogP contribution in [0.15, 0.2) is 23.0 Å². The van der Waals surface area contributed by atoms with Gasteiger partial charge in [0.2, 0.25) is 0 Å². The molecular weight excluding hydrogens is 416 g/mol. The van der Waals surface area contributed by atoms with E-state index in [0.29, 0.717) is 19.4 Å². The molecule has 3 heterocycles. The predicted molar refractivity (Wildman–Crippen MR) is 109 cm³/mol. The number of esters is 3. The Balaban J connectivity index is 1.62. The Morgan fingerprint density at radius 1 is 1.25 bits per heavy atom. The van der Waals surface area contributed by atoms with Gasteiger partial charge in [0, 0.05) is 25.8 Å². The van der Waals surface area contributed by atoms with Crippen LogP contribution < -0.4 is 0 Å². The Kier molecular flexibility index (Phi) is 4.93. The average Bonchev–Trinajstić information content (AvgIpc) is 3.16. The molecule has 7 atom stereocenters. The zero-order valence-corrected chi connectivity index (χ0v) is 18.8. The number of hydrogen-bond acceptors (Lipinski definition) is 8. The molecule has 1 unspecified atom stereocenters. The van der Waals surface area contributed by atoms with Gasteiger partial charge in [-0.05, 0) is 37.2 Å². The summed E-state index contributed by atoms with van der Waals surface area (Å²) in [6, 6.07) is 1.82. The maximum Gasteiger partial charge on any atom is 0.313 e. The Labute approximate surface area is 186 Å². The van der Waals surface area contributed by atoms with Gasteiger partial charge >= 0.3 is 17.9 Å². The Hall–Kier alpha value is -2.35. The van der Waals surface area contributed by atoms with Crippen molar-refractivity contribution in [2.45, 2.75) is 70.7 Å². The fourth-order valence-electron chi connectivity index (χ4n) is 7.12. The van der Waals surface area contributed by atoms with Gasteiger partial charge in [-0.2, -0.15) is 0 Å². The Morgan fingerprint density at radius 3 is 2.66 bits per heavy atom. The fourth-order valence-corrected chi connectivity index (χ4v) is 7.12. The molecule has 174 valence electrons. The van der Waals surface area contributed by atoms with Crippen molar-refractivity contribution in [2.75, 3.05) is 13.2 Å². The number of furan rings is 1. The highest BCUT2D eigenvalue weighted by Crippen LogP contribution is 2.71. The van der Waals surface area contributed by atoms with Crippen LogP contribution in [-0.4, -0.2) is 42.8 Å². The zero-order chi connectivity index (χ0) is 22.7. The largest absolute Gasteiger partial charge is 0.472 e. The van der Waals surface area contributed by atoms with E-state index in [0.717, 1.165) is 24.8 Å². The lowest BCUT2D eigenvalue weighted by Gasteiger charge is -2.61. The monoisotopic (exact) mass is 446 g/mol. The molecule has 0 N–H and O–H groups in total. The summed E-state index contributed by atoms with van der Waals surface area (Å²) in [6.07, 6.45) is 5.72. The van der Waals surface area contributed by atoms with Gasteiger partial charge in [-0.1, -0.05) is 13.3 Å². The Morgan fingerprint density at radius 2 is 2.03 bits per heavy atom. The highest BCUT2D eigenvalue weighted by atomic mass is 16.6. The van der Waals surface area contributed by atoms with Crippen LogP contribution in [0.1, 0.15) is 64.5 Å². The maximum atomic E-state index is 13.7. The van der Waals surface area contributed by atoms with E-state index in [1.165, 1.54) is 13.8 Å². The van der Waals surface area contributed by atoms with Crippen LogP contribution in [0.5, 0.6) is 0 Å². The first kappa shape index (κ1) is 21.5. The molecule has 5 rings (SSSR count). The summed E-state index contributed by atoms with van der Waals surface area (Å²) < 4.78 is 28.8. The average molecular weight is 446 g/mol. The number of cyclic esters (lactones) is 1. The molecule has 1 aromatic rings. The van der Waals surface area contributed by atoms with Crippen molar-refractivity contribution in [3.63, 3.8) is 0 Å². The summed E-state index contributed by atoms with van der Waals surface area (Å²) in [5.74, 6) is -1.30. The number of carbonyl (C=O) groups is 3. The van der Waals surface area contributed by atoms with Gasteiger partial charge in [-0.3, -0.25) is 14.4 Å². The van der Waals surface area contributed by atoms with Crippen LogP contribution in [0.3, 0.4) is 0 Å². The molecule has 0 radical (unpaired) electrons. The van der Waals surface area contributed by atoms with E-state index in [9.17, 15) is 14.4 Å². The van der Waals surface area contributed by atoms with Crippen molar-refractivity contribution in [1.82, 2.24) is 0 Å². The van der Waals surface area contributed by atoms with Crippen molar-refractivity contribution < 1.29 is 37.7 Å². The summed E-state index contributed by atoms with van der Waals surface area (Å²) in [7, 11) is 0. The zero-order valence-electron chi connectivity index (χ0n) is 18.8. The third-order valence-corrected chi connectivity index (χ3v) is 8.57. The molecule has 8 heteroatoms. The number of rotatable bonds is 4. The van der Waals surface area contributed by atoms with Gasteiger partial charge in [-0.25, -0.2) is 0 Å². The van der Waals surface area contributed by atoms with E-state index in [4.69, 9.17) is 23.4 Å². The molecule has 4 fully saturated rings. The predicted octanol–water partition coefficient (Wildman–Crippen LogP) is 3.34. The van der Waals surface area contributed by atoms with Crippen LogP contribution in [0.4, 0.5) is 0 Å². The number of hydrogen-bond donors (Lipinski definition) is 0. The van der Waals surface area contributed by atoms with E-state index in [1.807, 2.05) is 13.0 Å². The minimum absolute atomic E-state index is 0.0586. The molecule has 2 spiro atoms. The van der Waals surface area contributed by atoms with Crippen molar-refractivity contribution in [3.05, 3.63) is 24.2 Å². The highest BCUT2D eigenvalue weighted by molar-refractivity contribution is 5.81. The number of carbonyl (C=O) groups excluding carboxylic acids is 3. The van der Waals surface area contributed by atoms with Crippen molar-refractivity contribution in [1.29, 1.82) is 0 Å². The van der Waals surface area contributed by atoms with E-state index >= 15 is 0 Å². The fraction of sp³-hybridized carbons (Fsp3) is 0.708. The second-order valence-corrected chi connectivity index (χ2v) is 9.98. The standard InChI is InChI=1S/C24H30O8/c1-14-9-20(31-16(3)26)24(13-29-15(2)25)19(5-4-7-22(24)12-30-22)23(14)10-18(32-21(23)27)17-6-8-28-11-17/h6,8,11,14,18-20H,4-5,7,9-10,12-13H2,1-3H3/t14-,18?,19-,20-,22+,23-,24+/m1/s1. The maximum absolute atomic E-state index is 13.7. The topological polar surface area (TPSA) is 105 Å². The normalized spacial score (nSPS) is 42.4. The van der Waals surface area contributed by atoms with Crippen molar-refractivity contribution >= 4 is 17.9 Å². The van der Waals surface area contributed by atoms with E-state index in [-0.39, 0.29) is 30.4 Å². The molecule has 8 nitrogen and oxygen atoms in total. The lowest BCUT2D eigenvalue weighted by Crippen LogP contribution is -2.68. The first-order valence-electron chi connectivity index (χ1n) is 11.4. The molecule has 4 aliphatic rings. The summed E-state index contributed by atoms with van der Waals surface area (Å²) in [5, 5.41) is 0. The molecule has 1 aromatic heterocycles. The van der Waals surface area contributed by atoms with Crippen LogP contribution in [0.25, 0.3) is 0 Å². The first-order valence-corrected chi connectivity index (χ1v) is 11.4. The van der Waals surface area contributed by atoms with E-state index < -0.39 is 34.6 Å². The molecule has 0 amide bonds. The first-order chi connectivity index (χ1) is 15.2. The molecule has 0 aromatic carbocycles. The summed E-state index contributed by atoms with van der Waals surface area (Å²) in [5.41, 5.74) is -1.30. The molecule has 2 aliphatic carbocycles. The minimum Gasteiger partial charge on any atom is -0.472 e. The van der Waals surface area contributed by atoms with Gasteiger partial charge in [0.25, 0.3) is 0 Å². The van der Waals surface area contributed by atoms with Crippen molar-refractivity contribution in [3.8, 4) is 0 Å². The van der Waals surface area contributed by atoms with Crippen LogP contribution in [0, 0.1) is 22.7 Å². The van der Waals surface area contributed by atoms with Gasteiger partial charge in [0.05, 0.1) is 30.0 Å². The molecule has 2 saturated heterocycles. The second kappa shape index (κ2) is 7.33. The Bertz CT molecular complexity index is 918. The highest BCUT2D eigenvalue weighted by Gasteiger charge is 2.78. The molecular formula is C24H30O8. The third-order valence-electron chi connectivity index (χ3n) is 8.57. The van der Waals surface area contributed by atoms with Crippen LogP contribution in [0.2, 0.25) is 0 Å². The van der Waals surface area contributed by atoms with Crippen LogP contribution >= 0.6 is 0 Å². The van der Waals surface area contributed by atoms with Crippen molar-refractivity contribution in [2.24, 2.45) is 22.7 Å². The summed E-state index contributed by atoms with van der Waals surface area (Å²) >= 11 is 0. The summed E-state index contributed by atoms with van der Waals surface area (Å²) in [6.45, 7) is 5.37. The number of fused-ring (bicyclic) bond motifs is 3. The molecule has 2 saturated carbocycles. The lowest BCUT2D eigenvalue weighted by atomic mass is 9.42. The third kappa shape index (κ3) is 2.87. The summed E-state index contributed by atoms with van der Waals surface area (Å²) in [4.78, 5) is 37.7.